The van der Waals surface area contributed by atoms with Crippen molar-refractivity contribution in [3.63, 3.8) is 0 Å². The molecule has 0 spiro atoms. The lowest BCUT2D eigenvalue weighted by Crippen LogP contribution is -2.24. The van der Waals surface area contributed by atoms with E-state index in [0.29, 0.717) is 0 Å². The Bertz CT molecular complexity index is 450. The standard InChI is InChI=1S/C16H23NO2/c1-11-10-17-12(2)9-15(11)13(3)16(18)19-14-7-5-4-6-8-14/h9-10,13-14H,4-8H2,1-3H3. The van der Waals surface area contributed by atoms with Gasteiger partial charge < -0.3 is 4.74 Å². The van der Waals surface area contributed by atoms with Gasteiger partial charge in [-0.1, -0.05) is 6.42 Å². The molecule has 0 N–H and O–H groups in total. The first-order valence-corrected chi connectivity index (χ1v) is 7.21. The van der Waals surface area contributed by atoms with E-state index < -0.39 is 0 Å². The summed E-state index contributed by atoms with van der Waals surface area (Å²) < 4.78 is 5.64. The maximum Gasteiger partial charge on any atom is 0.313 e. The molecular formula is C16H23NO2. The number of aromatic nitrogens is 1. The van der Waals surface area contributed by atoms with Gasteiger partial charge in [-0.05, 0) is 63.6 Å². The van der Waals surface area contributed by atoms with E-state index in [4.69, 9.17) is 4.74 Å². The number of hydrogen-bond acceptors (Lipinski definition) is 3. The summed E-state index contributed by atoms with van der Waals surface area (Å²) >= 11 is 0. The number of pyridine rings is 1. The van der Waals surface area contributed by atoms with Crippen molar-refractivity contribution < 1.29 is 9.53 Å². The molecule has 1 heterocycles. The molecule has 104 valence electrons. The van der Waals surface area contributed by atoms with E-state index in [9.17, 15) is 4.79 Å². The predicted molar refractivity (Wildman–Crippen MR) is 75.1 cm³/mol. The van der Waals surface area contributed by atoms with Gasteiger partial charge in [-0.3, -0.25) is 9.78 Å². The molecule has 3 heteroatoms. The fourth-order valence-corrected chi connectivity index (χ4v) is 2.69. The maximum absolute atomic E-state index is 12.2. The second kappa shape index (κ2) is 6.18. The Kier molecular flexibility index (Phi) is 4.56. The molecule has 19 heavy (non-hydrogen) atoms. The summed E-state index contributed by atoms with van der Waals surface area (Å²) in [6.45, 7) is 5.86. The first kappa shape index (κ1) is 14.0. The minimum atomic E-state index is -0.205. The van der Waals surface area contributed by atoms with Crippen LogP contribution in [0.15, 0.2) is 12.3 Å². The highest BCUT2D eigenvalue weighted by molar-refractivity contribution is 5.78. The molecular weight excluding hydrogens is 238 g/mol. The van der Waals surface area contributed by atoms with Crippen LogP contribution in [0.2, 0.25) is 0 Å². The molecule has 1 fully saturated rings. The minimum Gasteiger partial charge on any atom is -0.462 e. The Morgan fingerprint density at radius 3 is 2.68 bits per heavy atom. The molecule has 0 saturated heterocycles. The molecule has 1 aliphatic carbocycles. The number of aryl methyl sites for hydroxylation is 2. The second-order valence-corrected chi connectivity index (χ2v) is 5.60. The van der Waals surface area contributed by atoms with E-state index in [1.165, 1.54) is 19.3 Å². The van der Waals surface area contributed by atoms with Gasteiger partial charge in [-0.2, -0.15) is 0 Å². The molecule has 0 bridgehead atoms. The number of carbonyl (C=O) groups is 1. The van der Waals surface area contributed by atoms with E-state index in [1.54, 1.807) is 0 Å². The zero-order valence-electron chi connectivity index (χ0n) is 12.1. The maximum atomic E-state index is 12.2. The van der Waals surface area contributed by atoms with Crippen LogP contribution in [0.5, 0.6) is 0 Å². The van der Waals surface area contributed by atoms with E-state index >= 15 is 0 Å². The Morgan fingerprint density at radius 2 is 2.00 bits per heavy atom. The topological polar surface area (TPSA) is 39.2 Å². The largest absolute Gasteiger partial charge is 0.462 e. The summed E-state index contributed by atoms with van der Waals surface area (Å²) in [5.74, 6) is -0.302. The zero-order valence-corrected chi connectivity index (χ0v) is 12.1. The third-order valence-electron chi connectivity index (χ3n) is 3.94. The van der Waals surface area contributed by atoms with Gasteiger partial charge in [0.05, 0.1) is 5.92 Å². The fourth-order valence-electron chi connectivity index (χ4n) is 2.69. The first-order valence-electron chi connectivity index (χ1n) is 7.21. The average molecular weight is 261 g/mol. The highest BCUT2D eigenvalue weighted by Crippen LogP contribution is 2.25. The molecule has 1 aromatic rings. The van der Waals surface area contributed by atoms with Crippen molar-refractivity contribution in [3.05, 3.63) is 29.1 Å². The van der Waals surface area contributed by atoms with Crippen molar-refractivity contribution in [3.8, 4) is 0 Å². The monoisotopic (exact) mass is 261 g/mol. The van der Waals surface area contributed by atoms with E-state index in [2.05, 4.69) is 4.98 Å². The van der Waals surface area contributed by atoms with Gasteiger partial charge in [0.25, 0.3) is 0 Å². The van der Waals surface area contributed by atoms with Crippen molar-refractivity contribution >= 4 is 5.97 Å². The Morgan fingerprint density at radius 1 is 1.32 bits per heavy atom. The molecule has 0 amide bonds. The van der Waals surface area contributed by atoms with Crippen molar-refractivity contribution in [1.29, 1.82) is 0 Å². The van der Waals surface area contributed by atoms with Crippen LogP contribution in [-0.4, -0.2) is 17.1 Å². The molecule has 1 unspecified atom stereocenters. The highest BCUT2D eigenvalue weighted by atomic mass is 16.5. The average Bonchev–Trinajstić information content (AvgIpc) is 2.42. The Labute approximate surface area is 115 Å². The third kappa shape index (κ3) is 3.55. The summed E-state index contributed by atoms with van der Waals surface area (Å²) in [6.07, 6.45) is 7.63. The second-order valence-electron chi connectivity index (χ2n) is 5.60. The molecule has 1 aliphatic rings. The minimum absolute atomic E-state index is 0.0967. The van der Waals surface area contributed by atoms with Crippen molar-refractivity contribution in [2.24, 2.45) is 0 Å². The number of rotatable bonds is 3. The summed E-state index contributed by atoms with van der Waals surface area (Å²) in [4.78, 5) is 16.5. The number of esters is 1. The highest BCUT2D eigenvalue weighted by Gasteiger charge is 2.23. The molecule has 0 aliphatic heterocycles. The Hall–Kier alpha value is -1.38. The molecule has 1 aromatic heterocycles. The molecule has 3 nitrogen and oxygen atoms in total. The molecule has 2 rings (SSSR count). The predicted octanol–water partition coefficient (Wildman–Crippen LogP) is 3.68. The van der Waals surface area contributed by atoms with Gasteiger partial charge in [0.15, 0.2) is 0 Å². The fraction of sp³-hybridized carbons (Fsp3) is 0.625. The van der Waals surface area contributed by atoms with Crippen LogP contribution in [0.1, 0.15) is 61.8 Å². The van der Waals surface area contributed by atoms with Crippen LogP contribution >= 0.6 is 0 Å². The van der Waals surface area contributed by atoms with Crippen LogP contribution in [0, 0.1) is 13.8 Å². The normalized spacial score (nSPS) is 18.1. The van der Waals surface area contributed by atoms with Crippen molar-refractivity contribution in [2.75, 3.05) is 0 Å². The lowest BCUT2D eigenvalue weighted by molar-refractivity contribution is -0.151. The van der Waals surface area contributed by atoms with Gasteiger partial charge >= 0.3 is 5.97 Å². The van der Waals surface area contributed by atoms with Crippen LogP contribution in [-0.2, 0) is 9.53 Å². The zero-order chi connectivity index (χ0) is 13.8. The summed E-state index contributed by atoms with van der Waals surface area (Å²) in [7, 11) is 0. The lowest BCUT2D eigenvalue weighted by atomic mass is 9.95. The summed E-state index contributed by atoms with van der Waals surface area (Å²) in [5, 5.41) is 0. The van der Waals surface area contributed by atoms with Crippen molar-refractivity contribution in [1.82, 2.24) is 4.98 Å². The lowest BCUT2D eigenvalue weighted by Gasteiger charge is -2.24. The smallest absolute Gasteiger partial charge is 0.313 e. The molecule has 0 aromatic carbocycles. The van der Waals surface area contributed by atoms with Gasteiger partial charge in [-0.15, -0.1) is 0 Å². The summed E-state index contributed by atoms with van der Waals surface area (Å²) in [5.41, 5.74) is 3.03. The molecule has 1 saturated carbocycles. The van der Waals surface area contributed by atoms with E-state index in [-0.39, 0.29) is 18.0 Å². The van der Waals surface area contributed by atoms with Crippen LogP contribution in [0.25, 0.3) is 0 Å². The number of nitrogens with zero attached hydrogens (tertiary/aromatic N) is 1. The first-order chi connectivity index (χ1) is 9.08. The van der Waals surface area contributed by atoms with Gasteiger partial charge in [0, 0.05) is 11.9 Å². The van der Waals surface area contributed by atoms with Crippen LogP contribution < -0.4 is 0 Å². The van der Waals surface area contributed by atoms with Gasteiger partial charge in [-0.25, -0.2) is 0 Å². The van der Waals surface area contributed by atoms with Crippen molar-refractivity contribution in [2.45, 2.75) is 64.9 Å². The quantitative estimate of drug-likeness (QED) is 0.779. The van der Waals surface area contributed by atoms with E-state index in [0.717, 1.165) is 29.7 Å². The third-order valence-corrected chi connectivity index (χ3v) is 3.94. The summed E-state index contributed by atoms with van der Waals surface area (Å²) in [6, 6.07) is 1.99. The van der Waals surface area contributed by atoms with Crippen LogP contribution in [0.4, 0.5) is 0 Å². The molecule has 1 atom stereocenters. The van der Waals surface area contributed by atoms with Gasteiger partial charge in [0.1, 0.15) is 6.10 Å². The number of ether oxygens (including phenoxy) is 1. The Balaban J connectivity index is 2.03. The molecule has 0 radical (unpaired) electrons. The number of carbonyl (C=O) groups excluding carboxylic acids is 1. The van der Waals surface area contributed by atoms with Crippen LogP contribution in [0.3, 0.4) is 0 Å². The van der Waals surface area contributed by atoms with Gasteiger partial charge in [0.2, 0.25) is 0 Å². The number of hydrogen-bond donors (Lipinski definition) is 0. The van der Waals surface area contributed by atoms with E-state index in [1.807, 2.05) is 33.0 Å². The SMILES string of the molecule is Cc1cc(C(C)C(=O)OC2CCCCC2)c(C)cn1.